The molecule has 0 atom stereocenters. The zero-order valence-electron chi connectivity index (χ0n) is 7.50. The fourth-order valence-electron chi connectivity index (χ4n) is 1.16. The van der Waals surface area contributed by atoms with Crippen molar-refractivity contribution >= 4 is 15.9 Å². The molecule has 0 aliphatic rings. The minimum Gasteiger partial charge on any atom is -0.307 e. The van der Waals surface area contributed by atoms with Crippen molar-refractivity contribution in [2.24, 2.45) is 0 Å². The summed E-state index contributed by atoms with van der Waals surface area (Å²) >= 11 is 3.07. The Morgan fingerprint density at radius 1 is 1.33 bits per heavy atom. The van der Waals surface area contributed by atoms with Crippen LogP contribution in [0.25, 0.3) is 11.4 Å². The van der Waals surface area contributed by atoms with Crippen LogP contribution in [0.5, 0.6) is 0 Å². The summed E-state index contributed by atoms with van der Waals surface area (Å²) in [6.07, 6.45) is 1.41. The third-order valence-corrected chi connectivity index (χ3v) is 2.47. The number of halogens is 2. The van der Waals surface area contributed by atoms with E-state index < -0.39 is 0 Å². The van der Waals surface area contributed by atoms with E-state index in [1.165, 1.54) is 18.3 Å². The highest BCUT2D eigenvalue weighted by Gasteiger charge is 2.03. The van der Waals surface area contributed by atoms with Gasteiger partial charge >= 0.3 is 0 Å². The maximum absolute atomic E-state index is 13.0. The highest BCUT2D eigenvalue weighted by atomic mass is 79.9. The lowest BCUT2D eigenvalue weighted by atomic mass is 10.2. The number of nitrogens with zero attached hydrogens (tertiary/aromatic N) is 1. The Hall–Kier alpha value is -1.49. The van der Waals surface area contributed by atoms with Gasteiger partial charge in [-0.1, -0.05) is 0 Å². The molecule has 15 heavy (non-hydrogen) atoms. The fraction of sp³-hybridized carbons (Fsp3) is 0. The standard InChI is InChI=1S/C10H6BrFN2O/c11-7-5-6(1-2-8(7)12)10-13-4-3-9(15)14-10/h1-5H,(H,13,14,15). The molecule has 0 radical (unpaired) electrons. The van der Waals surface area contributed by atoms with Gasteiger partial charge in [-0.2, -0.15) is 0 Å². The molecule has 0 fully saturated rings. The smallest absolute Gasteiger partial charge is 0.251 e. The molecule has 1 heterocycles. The Balaban J connectivity index is 2.55. The van der Waals surface area contributed by atoms with E-state index in [2.05, 4.69) is 25.9 Å². The Morgan fingerprint density at radius 2 is 2.13 bits per heavy atom. The Labute approximate surface area is 93.1 Å². The summed E-state index contributed by atoms with van der Waals surface area (Å²) in [6.45, 7) is 0. The molecule has 76 valence electrons. The lowest BCUT2D eigenvalue weighted by molar-refractivity contribution is 0.621. The predicted molar refractivity (Wildman–Crippen MR) is 58.0 cm³/mol. The quantitative estimate of drug-likeness (QED) is 0.863. The molecule has 1 aromatic carbocycles. The molecule has 2 rings (SSSR count). The van der Waals surface area contributed by atoms with Crippen LogP contribution in [0.2, 0.25) is 0 Å². The fourth-order valence-corrected chi connectivity index (χ4v) is 1.54. The van der Waals surface area contributed by atoms with Crippen LogP contribution in [0.4, 0.5) is 4.39 Å². The predicted octanol–water partition coefficient (Wildman–Crippen LogP) is 2.34. The third kappa shape index (κ3) is 2.12. The molecule has 0 aliphatic carbocycles. The molecule has 0 unspecified atom stereocenters. The lowest BCUT2D eigenvalue weighted by Gasteiger charge is -2.01. The van der Waals surface area contributed by atoms with Crippen molar-refractivity contribution in [2.75, 3.05) is 0 Å². The van der Waals surface area contributed by atoms with Gasteiger partial charge in [-0.3, -0.25) is 4.79 Å². The monoisotopic (exact) mass is 268 g/mol. The maximum atomic E-state index is 13.0. The van der Waals surface area contributed by atoms with Gasteiger partial charge in [0.25, 0.3) is 5.56 Å². The first-order valence-corrected chi connectivity index (χ1v) is 4.97. The molecule has 0 saturated carbocycles. The summed E-state index contributed by atoms with van der Waals surface area (Å²) in [6, 6.07) is 5.75. The van der Waals surface area contributed by atoms with Crippen LogP contribution in [0, 0.1) is 5.82 Å². The van der Waals surface area contributed by atoms with Crippen LogP contribution in [-0.2, 0) is 0 Å². The van der Waals surface area contributed by atoms with Crippen molar-refractivity contribution in [1.82, 2.24) is 9.97 Å². The Morgan fingerprint density at radius 3 is 2.80 bits per heavy atom. The zero-order valence-corrected chi connectivity index (χ0v) is 9.08. The molecular formula is C10H6BrFN2O. The summed E-state index contributed by atoms with van der Waals surface area (Å²) in [7, 11) is 0. The first kappa shape index (κ1) is 10.0. The Kier molecular flexibility index (Phi) is 2.64. The SMILES string of the molecule is O=c1ccnc(-c2ccc(F)c(Br)c2)[nH]1. The van der Waals surface area contributed by atoms with Crippen LogP contribution in [0.1, 0.15) is 0 Å². The van der Waals surface area contributed by atoms with Gasteiger partial charge < -0.3 is 4.98 Å². The summed E-state index contributed by atoms with van der Waals surface area (Å²) in [5, 5.41) is 0. The highest BCUT2D eigenvalue weighted by Crippen LogP contribution is 2.21. The van der Waals surface area contributed by atoms with Gasteiger partial charge in [0.2, 0.25) is 0 Å². The van der Waals surface area contributed by atoms with Crippen LogP contribution >= 0.6 is 15.9 Å². The topological polar surface area (TPSA) is 45.8 Å². The van der Waals surface area contributed by atoms with Crippen molar-refractivity contribution in [3.8, 4) is 11.4 Å². The number of hydrogen-bond acceptors (Lipinski definition) is 2. The number of aromatic nitrogens is 2. The van der Waals surface area contributed by atoms with Gasteiger partial charge in [0.1, 0.15) is 11.6 Å². The second-order valence-electron chi connectivity index (χ2n) is 2.91. The maximum Gasteiger partial charge on any atom is 0.251 e. The molecular weight excluding hydrogens is 263 g/mol. The van der Waals surface area contributed by atoms with Crippen LogP contribution in [0.3, 0.4) is 0 Å². The van der Waals surface area contributed by atoms with Crippen molar-refractivity contribution in [3.05, 3.63) is 51.1 Å². The van der Waals surface area contributed by atoms with Gasteiger partial charge in [0, 0.05) is 17.8 Å². The number of benzene rings is 1. The van der Waals surface area contributed by atoms with E-state index in [0.29, 0.717) is 15.9 Å². The van der Waals surface area contributed by atoms with E-state index in [4.69, 9.17) is 0 Å². The molecule has 3 nitrogen and oxygen atoms in total. The molecule has 0 aliphatic heterocycles. The summed E-state index contributed by atoms with van der Waals surface area (Å²) < 4.78 is 13.3. The molecule has 1 N–H and O–H groups in total. The number of aromatic amines is 1. The second kappa shape index (κ2) is 3.94. The largest absolute Gasteiger partial charge is 0.307 e. The van der Waals surface area contributed by atoms with E-state index in [1.54, 1.807) is 12.1 Å². The van der Waals surface area contributed by atoms with Crippen molar-refractivity contribution in [3.63, 3.8) is 0 Å². The van der Waals surface area contributed by atoms with E-state index in [-0.39, 0.29) is 11.4 Å². The normalized spacial score (nSPS) is 10.3. The average molecular weight is 269 g/mol. The van der Waals surface area contributed by atoms with Crippen LogP contribution in [-0.4, -0.2) is 9.97 Å². The van der Waals surface area contributed by atoms with Crippen LogP contribution in [0.15, 0.2) is 39.7 Å². The van der Waals surface area contributed by atoms with Gasteiger partial charge in [-0.25, -0.2) is 9.37 Å². The zero-order chi connectivity index (χ0) is 10.8. The summed E-state index contributed by atoms with van der Waals surface area (Å²) in [5.41, 5.74) is 0.418. The molecule has 0 bridgehead atoms. The molecule has 0 spiro atoms. The summed E-state index contributed by atoms with van der Waals surface area (Å²) in [5.74, 6) is 0.0697. The molecule has 1 aromatic heterocycles. The number of rotatable bonds is 1. The van der Waals surface area contributed by atoms with Crippen molar-refractivity contribution in [2.45, 2.75) is 0 Å². The highest BCUT2D eigenvalue weighted by molar-refractivity contribution is 9.10. The van der Waals surface area contributed by atoms with E-state index >= 15 is 0 Å². The first-order chi connectivity index (χ1) is 7.16. The molecule has 0 amide bonds. The van der Waals surface area contributed by atoms with Crippen molar-refractivity contribution < 1.29 is 4.39 Å². The van der Waals surface area contributed by atoms with E-state index in [9.17, 15) is 9.18 Å². The minimum atomic E-state index is -0.350. The molecule has 2 aromatic rings. The number of hydrogen-bond donors (Lipinski definition) is 1. The van der Waals surface area contributed by atoms with Crippen molar-refractivity contribution in [1.29, 1.82) is 0 Å². The number of nitrogens with one attached hydrogen (secondary N) is 1. The van der Waals surface area contributed by atoms with Gasteiger partial charge in [-0.15, -0.1) is 0 Å². The molecule has 0 saturated heterocycles. The van der Waals surface area contributed by atoms with Crippen LogP contribution < -0.4 is 5.56 Å². The van der Waals surface area contributed by atoms with E-state index in [0.717, 1.165) is 0 Å². The second-order valence-corrected chi connectivity index (χ2v) is 3.77. The molecule has 5 heteroatoms. The van der Waals surface area contributed by atoms with Gasteiger partial charge in [0.05, 0.1) is 4.47 Å². The first-order valence-electron chi connectivity index (χ1n) is 4.17. The third-order valence-electron chi connectivity index (χ3n) is 1.86. The van der Waals surface area contributed by atoms with Gasteiger partial charge in [0.15, 0.2) is 0 Å². The van der Waals surface area contributed by atoms with Gasteiger partial charge in [-0.05, 0) is 34.1 Å². The Bertz CT molecular complexity index is 553. The number of H-pyrrole nitrogens is 1. The minimum absolute atomic E-state index is 0.236. The lowest BCUT2D eigenvalue weighted by Crippen LogP contribution is -2.05. The summed E-state index contributed by atoms with van der Waals surface area (Å²) in [4.78, 5) is 17.6. The average Bonchev–Trinajstić information content (AvgIpc) is 2.22. The van der Waals surface area contributed by atoms with E-state index in [1.807, 2.05) is 0 Å².